The summed E-state index contributed by atoms with van der Waals surface area (Å²) < 4.78 is 0. The van der Waals surface area contributed by atoms with Crippen LogP contribution in [0.25, 0.3) is 0 Å². The Balaban J connectivity index is 3.20. The Morgan fingerprint density at radius 2 is 2.50 bits per heavy atom. The molecule has 0 aromatic rings. The van der Waals surface area contributed by atoms with Crippen LogP contribution >= 0.6 is 0 Å². The first-order chi connectivity index (χ1) is 3.81. The molecule has 1 N–H and O–H groups in total. The fraction of sp³-hybridized carbons (Fsp3) is 0.600. The third-order valence-corrected chi connectivity index (χ3v) is 0.695. The van der Waals surface area contributed by atoms with Gasteiger partial charge in [-0.2, -0.15) is 5.26 Å². The molecule has 44 valence electrons. The van der Waals surface area contributed by atoms with Gasteiger partial charge in [-0.1, -0.05) is 0 Å². The van der Waals surface area contributed by atoms with Crippen LogP contribution in [0.5, 0.6) is 0 Å². The molecule has 0 saturated carbocycles. The number of aliphatic hydroxyl groups is 1. The van der Waals surface area contributed by atoms with Crippen LogP contribution in [0.4, 0.5) is 0 Å². The second-order valence-electron chi connectivity index (χ2n) is 1.42. The Morgan fingerprint density at radius 3 is 2.88 bits per heavy atom. The van der Waals surface area contributed by atoms with Crippen molar-refractivity contribution in [2.24, 2.45) is 0 Å². The summed E-state index contributed by atoms with van der Waals surface area (Å²) in [5.41, 5.74) is 0. The van der Waals surface area contributed by atoms with Gasteiger partial charge in [0.15, 0.2) is 0 Å². The molecule has 3 heteroatoms. The summed E-state index contributed by atoms with van der Waals surface area (Å²) in [5, 5.41) is 16.5. The quantitative estimate of drug-likeness (QED) is 0.518. The SMILES string of the molecule is N#CC[C@@H](O)CC=O. The second-order valence-corrected chi connectivity index (χ2v) is 1.42. The van der Waals surface area contributed by atoms with E-state index in [0.29, 0.717) is 6.29 Å². The van der Waals surface area contributed by atoms with Crippen LogP contribution in [0, 0.1) is 11.3 Å². The van der Waals surface area contributed by atoms with Crippen LogP contribution in [0.2, 0.25) is 0 Å². The predicted molar refractivity (Wildman–Crippen MR) is 26.9 cm³/mol. The fourth-order valence-corrected chi connectivity index (χ4v) is 0.300. The van der Waals surface area contributed by atoms with Gasteiger partial charge in [0, 0.05) is 6.42 Å². The average Bonchev–Trinajstić information content (AvgIpc) is 1.68. The maximum absolute atomic E-state index is 9.62. The standard InChI is InChI=1S/C5H7NO2/c6-3-1-5(8)2-4-7/h4-5,8H,1-2H2/t5-/m1/s1. The van der Waals surface area contributed by atoms with E-state index >= 15 is 0 Å². The fourth-order valence-electron chi connectivity index (χ4n) is 0.300. The predicted octanol–water partition coefficient (Wildman–Crippen LogP) is -0.150. The van der Waals surface area contributed by atoms with Gasteiger partial charge in [0.05, 0.1) is 18.6 Å². The summed E-state index contributed by atoms with van der Waals surface area (Å²) in [4.78, 5) is 9.62. The first-order valence-corrected chi connectivity index (χ1v) is 2.30. The summed E-state index contributed by atoms with van der Waals surface area (Å²) in [6.07, 6.45) is -0.0635. The number of aliphatic hydroxyl groups excluding tert-OH is 1. The summed E-state index contributed by atoms with van der Waals surface area (Å²) in [5.74, 6) is 0. The molecule has 0 aromatic carbocycles. The Labute approximate surface area is 47.5 Å². The molecule has 0 bridgehead atoms. The minimum absolute atomic E-state index is 0.0404. The van der Waals surface area contributed by atoms with Gasteiger partial charge < -0.3 is 9.90 Å². The highest BCUT2D eigenvalue weighted by atomic mass is 16.3. The van der Waals surface area contributed by atoms with E-state index in [1.165, 1.54) is 0 Å². The summed E-state index contributed by atoms with van der Waals surface area (Å²) in [7, 11) is 0. The normalized spacial score (nSPS) is 12.0. The van der Waals surface area contributed by atoms with Gasteiger partial charge in [-0.05, 0) is 0 Å². The Hall–Kier alpha value is -0.880. The van der Waals surface area contributed by atoms with Crippen molar-refractivity contribution >= 4 is 6.29 Å². The van der Waals surface area contributed by atoms with E-state index in [1.54, 1.807) is 6.07 Å². The van der Waals surface area contributed by atoms with E-state index in [-0.39, 0.29) is 12.8 Å². The van der Waals surface area contributed by atoms with Gasteiger partial charge >= 0.3 is 0 Å². The minimum Gasteiger partial charge on any atom is -0.392 e. The lowest BCUT2D eigenvalue weighted by atomic mass is 10.2. The van der Waals surface area contributed by atoms with E-state index in [9.17, 15) is 4.79 Å². The molecule has 0 fully saturated rings. The van der Waals surface area contributed by atoms with Gasteiger partial charge in [-0.3, -0.25) is 0 Å². The van der Waals surface area contributed by atoms with Crippen molar-refractivity contribution in [3.05, 3.63) is 0 Å². The van der Waals surface area contributed by atoms with E-state index in [4.69, 9.17) is 10.4 Å². The number of aldehydes is 1. The first kappa shape index (κ1) is 7.12. The van der Waals surface area contributed by atoms with Crippen molar-refractivity contribution in [3.8, 4) is 6.07 Å². The van der Waals surface area contributed by atoms with Crippen LogP contribution in [0.1, 0.15) is 12.8 Å². The highest BCUT2D eigenvalue weighted by Gasteiger charge is 1.98. The Bertz CT molecular complexity index is 105. The number of carbonyl (C=O) groups excluding carboxylic acids is 1. The Morgan fingerprint density at radius 1 is 1.88 bits per heavy atom. The van der Waals surface area contributed by atoms with Gasteiger partial charge in [0.25, 0.3) is 0 Å². The molecule has 0 radical (unpaired) electrons. The van der Waals surface area contributed by atoms with Crippen molar-refractivity contribution in [2.45, 2.75) is 18.9 Å². The van der Waals surface area contributed by atoms with Crippen LogP contribution in [0.3, 0.4) is 0 Å². The number of hydrogen-bond donors (Lipinski definition) is 1. The molecule has 0 aliphatic heterocycles. The number of carbonyl (C=O) groups is 1. The Kier molecular flexibility index (Phi) is 3.81. The third-order valence-electron chi connectivity index (χ3n) is 0.695. The van der Waals surface area contributed by atoms with Gasteiger partial charge in [-0.15, -0.1) is 0 Å². The number of nitrogens with zero attached hydrogens (tertiary/aromatic N) is 1. The van der Waals surface area contributed by atoms with E-state index in [1.807, 2.05) is 0 Å². The molecule has 0 spiro atoms. The van der Waals surface area contributed by atoms with Gasteiger partial charge in [0.1, 0.15) is 6.29 Å². The summed E-state index contributed by atoms with van der Waals surface area (Å²) in [6.45, 7) is 0. The van der Waals surface area contributed by atoms with Crippen molar-refractivity contribution in [1.82, 2.24) is 0 Å². The third kappa shape index (κ3) is 3.32. The van der Waals surface area contributed by atoms with Crippen LogP contribution < -0.4 is 0 Å². The maximum Gasteiger partial charge on any atom is 0.122 e. The summed E-state index contributed by atoms with van der Waals surface area (Å²) in [6, 6.07) is 1.74. The molecule has 8 heavy (non-hydrogen) atoms. The lowest BCUT2D eigenvalue weighted by Gasteiger charge is -1.95. The van der Waals surface area contributed by atoms with Gasteiger partial charge in [0.2, 0.25) is 0 Å². The van der Waals surface area contributed by atoms with Crippen molar-refractivity contribution < 1.29 is 9.90 Å². The second kappa shape index (κ2) is 4.28. The van der Waals surface area contributed by atoms with Crippen LogP contribution in [-0.4, -0.2) is 17.5 Å². The molecular formula is C5H7NO2. The first-order valence-electron chi connectivity index (χ1n) is 2.30. The average molecular weight is 113 g/mol. The number of nitriles is 1. The molecule has 0 aliphatic rings. The number of hydrogen-bond acceptors (Lipinski definition) is 3. The lowest BCUT2D eigenvalue weighted by Crippen LogP contribution is -2.04. The van der Waals surface area contributed by atoms with Crippen molar-refractivity contribution in [1.29, 1.82) is 5.26 Å². The maximum atomic E-state index is 9.62. The smallest absolute Gasteiger partial charge is 0.122 e. The molecule has 0 amide bonds. The highest BCUT2D eigenvalue weighted by Crippen LogP contribution is 1.91. The zero-order chi connectivity index (χ0) is 6.41. The molecule has 0 aromatic heterocycles. The molecule has 3 nitrogen and oxygen atoms in total. The van der Waals surface area contributed by atoms with E-state index < -0.39 is 6.10 Å². The zero-order valence-corrected chi connectivity index (χ0v) is 4.37. The number of rotatable bonds is 3. The van der Waals surface area contributed by atoms with Crippen LogP contribution in [-0.2, 0) is 4.79 Å². The molecule has 0 rings (SSSR count). The molecular weight excluding hydrogens is 106 g/mol. The monoisotopic (exact) mass is 113 g/mol. The minimum atomic E-state index is -0.766. The molecule has 0 saturated heterocycles. The summed E-state index contributed by atoms with van der Waals surface area (Å²) >= 11 is 0. The molecule has 0 unspecified atom stereocenters. The highest BCUT2D eigenvalue weighted by molar-refractivity contribution is 5.50. The molecule has 1 atom stereocenters. The zero-order valence-electron chi connectivity index (χ0n) is 4.37. The van der Waals surface area contributed by atoms with Crippen molar-refractivity contribution in [3.63, 3.8) is 0 Å². The topological polar surface area (TPSA) is 61.1 Å². The van der Waals surface area contributed by atoms with Gasteiger partial charge in [-0.25, -0.2) is 0 Å². The molecule has 0 aliphatic carbocycles. The van der Waals surface area contributed by atoms with E-state index in [2.05, 4.69) is 0 Å². The van der Waals surface area contributed by atoms with E-state index in [0.717, 1.165) is 0 Å². The molecule has 0 heterocycles. The largest absolute Gasteiger partial charge is 0.392 e. The lowest BCUT2D eigenvalue weighted by molar-refractivity contribution is -0.109. The van der Waals surface area contributed by atoms with Crippen molar-refractivity contribution in [2.75, 3.05) is 0 Å². The van der Waals surface area contributed by atoms with Crippen LogP contribution in [0.15, 0.2) is 0 Å².